The first-order chi connectivity index (χ1) is 6.81. The first-order valence-corrected chi connectivity index (χ1v) is 5.25. The Morgan fingerprint density at radius 1 is 1.36 bits per heavy atom. The van der Waals surface area contributed by atoms with Gasteiger partial charge in [0.2, 0.25) is 0 Å². The van der Waals surface area contributed by atoms with E-state index in [1.165, 1.54) is 31.8 Å². The van der Waals surface area contributed by atoms with Crippen molar-refractivity contribution in [3.8, 4) is 0 Å². The second kappa shape index (κ2) is 10.0. The lowest BCUT2D eigenvalue weighted by molar-refractivity contribution is -0.137. The number of hydrogen-bond donors (Lipinski definition) is 0. The van der Waals surface area contributed by atoms with Crippen molar-refractivity contribution in [2.24, 2.45) is 0 Å². The van der Waals surface area contributed by atoms with E-state index in [2.05, 4.69) is 16.9 Å². The number of allylic oxidation sites excluding steroid dienone is 3. The maximum atomic E-state index is 10.3. The fraction of sp³-hybridized carbons (Fsp3) is 0.583. The van der Waals surface area contributed by atoms with Gasteiger partial charge in [-0.25, -0.2) is 4.79 Å². The fourth-order valence-electron chi connectivity index (χ4n) is 1.09. The van der Waals surface area contributed by atoms with Crippen LogP contribution in [0.1, 0.15) is 39.5 Å². The zero-order valence-corrected chi connectivity index (χ0v) is 9.16. The van der Waals surface area contributed by atoms with E-state index >= 15 is 0 Å². The van der Waals surface area contributed by atoms with Crippen LogP contribution in [0.25, 0.3) is 0 Å². The Kier molecular flexibility index (Phi) is 9.28. The van der Waals surface area contributed by atoms with E-state index in [0.29, 0.717) is 6.61 Å². The van der Waals surface area contributed by atoms with Gasteiger partial charge < -0.3 is 4.74 Å². The molecule has 0 N–H and O–H groups in total. The monoisotopic (exact) mass is 196 g/mol. The van der Waals surface area contributed by atoms with Gasteiger partial charge in [-0.3, -0.25) is 0 Å². The molecule has 1 rings (SSSR count). The molecule has 0 aromatic heterocycles. The average molecular weight is 196 g/mol. The Morgan fingerprint density at radius 2 is 1.93 bits per heavy atom. The van der Waals surface area contributed by atoms with Crippen LogP contribution in [0.3, 0.4) is 0 Å². The maximum Gasteiger partial charge on any atom is 0.330 e. The maximum absolute atomic E-state index is 10.3. The van der Waals surface area contributed by atoms with E-state index in [1.807, 2.05) is 0 Å². The summed E-state index contributed by atoms with van der Waals surface area (Å²) in [6, 6.07) is 0. The molecule has 0 aromatic carbocycles. The molecule has 0 heterocycles. The second-order valence-corrected chi connectivity index (χ2v) is 3.01. The van der Waals surface area contributed by atoms with Gasteiger partial charge in [-0.1, -0.05) is 18.2 Å². The fourth-order valence-corrected chi connectivity index (χ4v) is 1.09. The number of esters is 1. The molecular formula is C12H20O2. The van der Waals surface area contributed by atoms with Gasteiger partial charge in [0.1, 0.15) is 0 Å². The summed E-state index contributed by atoms with van der Waals surface area (Å²) < 4.78 is 4.56. The lowest BCUT2D eigenvalue weighted by Crippen LogP contribution is -1.98. The Hall–Kier alpha value is -1.05. The summed E-state index contributed by atoms with van der Waals surface area (Å²) in [4.78, 5) is 10.3. The molecule has 0 saturated carbocycles. The van der Waals surface area contributed by atoms with Crippen molar-refractivity contribution >= 4 is 5.97 Å². The predicted octanol–water partition coefficient (Wildman–Crippen LogP) is 3.24. The predicted molar refractivity (Wildman–Crippen MR) is 59.1 cm³/mol. The minimum atomic E-state index is -0.269. The summed E-state index contributed by atoms with van der Waals surface area (Å²) in [6.45, 7) is 4.00. The van der Waals surface area contributed by atoms with Crippen LogP contribution < -0.4 is 0 Å². The van der Waals surface area contributed by atoms with Gasteiger partial charge in [-0.05, 0) is 39.5 Å². The van der Waals surface area contributed by atoms with E-state index in [9.17, 15) is 4.79 Å². The number of carbonyl (C=O) groups is 1. The Balaban J connectivity index is 0.000000249. The summed E-state index contributed by atoms with van der Waals surface area (Å²) in [6.07, 6.45) is 13.0. The largest absolute Gasteiger partial charge is 0.463 e. The molecule has 80 valence electrons. The molecule has 0 unspecified atom stereocenters. The molecule has 0 fully saturated rings. The molecule has 0 saturated heterocycles. The van der Waals surface area contributed by atoms with E-state index < -0.39 is 0 Å². The van der Waals surface area contributed by atoms with E-state index in [-0.39, 0.29) is 5.97 Å². The molecule has 0 atom stereocenters. The van der Waals surface area contributed by atoms with Gasteiger partial charge >= 0.3 is 5.97 Å². The third-order valence-electron chi connectivity index (χ3n) is 1.75. The van der Waals surface area contributed by atoms with Crippen LogP contribution in [0.5, 0.6) is 0 Å². The second-order valence-electron chi connectivity index (χ2n) is 3.01. The van der Waals surface area contributed by atoms with Gasteiger partial charge in [0.05, 0.1) is 6.61 Å². The SMILES string of the molecule is C1=CCCCC1.CC=CC(=O)OCC. The third kappa shape index (κ3) is 9.04. The molecule has 0 bridgehead atoms. The summed E-state index contributed by atoms with van der Waals surface area (Å²) in [7, 11) is 0. The van der Waals surface area contributed by atoms with Gasteiger partial charge in [0, 0.05) is 6.08 Å². The minimum absolute atomic E-state index is 0.269. The molecule has 0 aromatic rings. The van der Waals surface area contributed by atoms with Crippen molar-refractivity contribution < 1.29 is 9.53 Å². The highest BCUT2D eigenvalue weighted by Crippen LogP contribution is 2.07. The van der Waals surface area contributed by atoms with Crippen LogP contribution in [0.4, 0.5) is 0 Å². The average Bonchev–Trinajstić information content (AvgIpc) is 2.22. The summed E-state index contributed by atoms with van der Waals surface area (Å²) in [5, 5.41) is 0. The van der Waals surface area contributed by atoms with E-state index in [1.54, 1.807) is 19.9 Å². The first kappa shape index (κ1) is 12.9. The van der Waals surface area contributed by atoms with Crippen LogP contribution in [0.2, 0.25) is 0 Å². The van der Waals surface area contributed by atoms with Crippen molar-refractivity contribution in [3.05, 3.63) is 24.3 Å². The van der Waals surface area contributed by atoms with Crippen molar-refractivity contribution in [2.45, 2.75) is 39.5 Å². The smallest absolute Gasteiger partial charge is 0.330 e. The molecule has 1 aliphatic rings. The molecule has 0 aliphatic heterocycles. The Bertz CT molecular complexity index is 184. The van der Waals surface area contributed by atoms with Crippen molar-refractivity contribution in [2.75, 3.05) is 6.61 Å². The number of rotatable bonds is 2. The van der Waals surface area contributed by atoms with E-state index in [0.717, 1.165) is 0 Å². The van der Waals surface area contributed by atoms with Gasteiger partial charge in [-0.2, -0.15) is 0 Å². The minimum Gasteiger partial charge on any atom is -0.463 e. The number of ether oxygens (including phenoxy) is 1. The van der Waals surface area contributed by atoms with Gasteiger partial charge in [-0.15, -0.1) is 0 Å². The quantitative estimate of drug-likeness (QED) is 0.385. The van der Waals surface area contributed by atoms with Crippen molar-refractivity contribution in [1.82, 2.24) is 0 Å². The summed E-state index contributed by atoms with van der Waals surface area (Å²) in [5.74, 6) is -0.269. The lowest BCUT2D eigenvalue weighted by atomic mass is 10.1. The van der Waals surface area contributed by atoms with Crippen molar-refractivity contribution in [3.63, 3.8) is 0 Å². The van der Waals surface area contributed by atoms with Crippen LogP contribution in [0, 0.1) is 0 Å². The standard InChI is InChI=1S/C6H10O2.C6H10/c1-3-5-6(7)8-4-2;1-2-4-6-5-3-1/h3,5H,4H2,1-2H3;1-2H,3-6H2. The Labute approximate surface area is 86.6 Å². The van der Waals surface area contributed by atoms with Crippen LogP contribution in [-0.2, 0) is 9.53 Å². The number of hydrogen-bond acceptors (Lipinski definition) is 2. The number of carbonyl (C=O) groups excluding carboxylic acids is 1. The van der Waals surface area contributed by atoms with Crippen LogP contribution in [-0.4, -0.2) is 12.6 Å². The first-order valence-electron chi connectivity index (χ1n) is 5.25. The lowest BCUT2D eigenvalue weighted by Gasteiger charge is -1.97. The Morgan fingerprint density at radius 3 is 2.21 bits per heavy atom. The van der Waals surface area contributed by atoms with Crippen LogP contribution in [0.15, 0.2) is 24.3 Å². The molecule has 1 aliphatic carbocycles. The highest BCUT2D eigenvalue weighted by molar-refractivity contribution is 5.81. The normalized spacial score (nSPS) is 14.7. The highest BCUT2D eigenvalue weighted by Gasteiger charge is 1.88. The third-order valence-corrected chi connectivity index (χ3v) is 1.75. The van der Waals surface area contributed by atoms with Gasteiger partial charge in [0.25, 0.3) is 0 Å². The molecule has 0 spiro atoms. The van der Waals surface area contributed by atoms with Crippen LogP contribution >= 0.6 is 0 Å². The molecule has 14 heavy (non-hydrogen) atoms. The highest BCUT2D eigenvalue weighted by atomic mass is 16.5. The summed E-state index contributed by atoms with van der Waals surface area (Å²) in [5.41, 5.74) is 0. The molecule has 0 radical (unpaired) electrons. The molecule has 0 amide bonds. The van der Waals surface area contributed by atoms with E-state index in [4.69, 9.17) is 0 Å². The zero-order chi connectivity index (χ0) is 10.6. The topological polar surface area (TPSA) is 26.3 Å². The molecule has 2 heteroatoms. The summed E-state index contributed by atoms with van der Waals surface area (Å²) >= 11 is 0. The molecule has 2 nitrogen and oxygen atoms in total. The van der Waals surface area contributed by atoms with Crippen molar-refractivity contribution in [1.29, 1.82) is 0 Å². The molecular weight excluding hydrogens is 176 g/mol. The zero-order valence-electron chi connectivity index (χ0n) is 9.16. The van der Waals surface area contributed by atoms with Gasteiger partial charge in [0.15, 0.2) is 0 Å².